The maximum atomic E-state index is 12.5. The van der Waals surface area contributed by atoms with Gasteiger partial charge in [0.15, 0.2) is 0 Å². The molecule has 2 aromatic heterocycles. The van der Waals surface area contributed by atoms with Gasteiger partial charge in [-0.25, -0.2) is 4.98 Å². The van der Waals surface area contributed by atoms with Crippen LogP contribution in [0.1, 0.15) is 20.9 Å². The van der Waals surface area contributed by atoms with Crippen LogP contribution in [0.5, 0.6) is 0 Å². The number of hydrogen-bond donors (Lipinski definition) is 2. The average molecular weight is 328 g/mol. The van der Waals surface area contributed by atoms with Crippen molar-refractivity contribution in [1.29, 1.82) is 0 Å². The molecule has 2 heterocycles. The molecule has 0 aliphatic rings. The van der Waals surface area contributed by atoms with E-state index in [1.807, 2.05) is 20.2 Å². The predicted octanol–water partition coefficient (Wildman–Crippen LogP) is 2.60. The van der Waals surface area contributed by atoms with Gasteiger partial charge in [-0.15, -0.1) is 11.3 Å². The third kappa shape index (κ3) is 3.30. The van der Waals surface area contributed by atoms with Gasteiger partial charge in [-0.2, -0.15) is 5.10 Å². The van der Waals surface area contributed by atoms with Crippen molar-refractivity contribution in [2.24, 2.45) is 7.05 Å². The Bertz CT molecular complexity index is 853. The molecule has 23 heavy (non-hydrogen) atoms. The van der Waals surface area contributed by atoms with Gasteiger partial charge >= 0.3 is 0 Å². The lowest BCUT2D eigenvalue weighted by Gasteiger charge is -2.05. The fourth-order valence-corrected chi connectivity index (χ4v) is 3.13. The lowest BCUT2D eigenvalue weighted by Crippen LogP contribution is -2.11. The minimum atomic E-state index is -0.203. The molecule has 3 aromatic rings. The van der Waals surface area contributed by atoms with Crippen LogP contribution in [0.3, 0.4) is 0 Å². The number of carbonyl (C=O) groups is 1. The van der Waals surface area contributed by atoms with E-state index < -0.39 is 0 Å². The lowest BCUT2D eigenvalue weighted by molar-refractivity contribution is 0.103. The van der Waals surface area contributed by atoms with Crippen molar-refractivity contribution < 1.29 is 9.90 Å². The number of rotatable bonds is 4. The molecule has 0 spiro atoms. The summed E-state index contributed by atoms with van der Waals surface area (Å²) < 4.78 is 1.70. The van der Waals surface area contributed by atoms with Gasteiger partial charge in [-0.3, -0.25) is 9.48 Å². The zero-order chi connectivity index (χ0) is 16.4. The van der Waals surface area contributed by atoms with Gasteiger partial charge in [0.05, 0.1) is 18.5 Å². The van der Waals surface area contributed by atoms with E-state index in [0.717, 1.165) is 16.1 Å². The molecule has 118 valence electrons. The number of anilines is 1. The molecule has 0 fully saturated rings. The number of aliphatic hydroxyl groups is 1. The van der Waals surface area contributed by atoms with Gasteiger partial charge in [-0.05, 0) is 24.6 Å². The quantitative estimate of drug-likeness (QED) is 0.771. The predicted molar refractivity (Wildman–Crippen MR) is 89.4 cm³/mol. The van der Waals surface area contributed by atoms with E-state index in [-0.39, 0.29) is 12.5 Å². The fraction of sp³-hybridized carbons (Fsp3) is 0.188. The smallest absolute Gasteiger partial charge is 0.267 e. The number of amides is 1. The molecule has 0 bridgehead atoms. The van der Waals surface area contributed by atoms with Crippen LogP contribution < -0.4 is 5.32 Å². The number of benzene rings is 1. The number of carbonyl (C=O) groups excluding carboxylic acids is 1. The molecule has 1 amide bonds. The summed E-state index contributed by atoms with van der Waals surface area (Å²) in [4.78, 5) is 17.5. The summed E-state index contributed by atoms with van der Waals surface area (Å²) in [7, 11) is 1.84. The molecule has 6 nitrogen and oxygen atoms in total. The van der Waals surface area contributed by atoms with Crippen LogP contribution in [0, 0.1) is 6.92 Å². The molecule has 2 N–H and O–H groups in total. The highest BCUT2D eigenvalue weighted by molar-refractivity contribution is 7.17. The summed E-state index contributed by atoms with van der Waals surface area (Å²) in [5.74, 6) is -0.203. The molecule has 7 heteroatoms. The Balaban J connectivity index is 1.83. The summed E-state index contributed by atoms with van der Waals surface area (Å²) in [5.41, 5.74) is 2.98. The topological polar surface area (TPSA) is 80.0 Å². The van der Waals surface area contributed by atoms with Crippen molar-refractivity contribution in [2.75, 3.05) is 5.32 Å². The molecular formula is C16H16N4O2S. The van der Waals surface area contributed by atoms with Gasteiger partial charge in [-0.1, -0.05) is 12.1 Å². The largest absolute Gasteiger partial charge is 0.392 e. The SMILES string of the molecule is Cc1nc(-c2cnn(C)c2)sc1C(=O)Nc1cccc(CO)c1. The highest BCUT2D eigenvalue weighted by Gasteiger charge is 2.17. The van der Waals surface area contributed by atoms with Crippen molar-refractivity contribution in [2.45, 2.75) is 13.5 Å². The Labute approximate surface area is 137 Å². The molecule has 0 unspecified atom stereocenters. The number of nitrogens with one attached hydrogen (secondary N) is 1. The van der Waals surface area contributed by atoms with E-state index in [9.17, 15) is 4.79 Å². The summed E-state index contributed by atoms with van der Waals surface area (Å²) in [6.45, 7) is 1.75. The number of nitrogens with zero attached hydrogens (tertiary/aromatic N) is 3. The van der Waals surface area contributed by atoms with Gasteiger partial charge in [0, 0.05) is 24.5 Å². The second kappa shape index (κ2) is 6.31. The van der Waals surface area contributed by atoms with Crippen molar-refractivity contribution in [3.8, 4) is 10.6 Å². The maximum absolute atomic E-state index is 12.5. The second-order valence-electron chi connectivity index (χ2n) is 5.15. The zero-order valence-corrected chi connectivity index (χ0v) is 13.6. The summed E-state index contributed by atoms with van der Waals surface area (Å²) in [5, 5.41) is 16.9. The van der Waals surface area contributed by atoms with Crippen LogP contribution in [0.4, 0.5) is 5.69 Å². The van der Waals surface area contributed by atoms with Crippen molar-refractivity contribution in [3.63, 3.8) is 0 Å². The Kier molecular flexibility index (Phi) is 4.22. The van der Waals surface area contributed by atoms with E-state index in [1.54, 1.807) is 35.1 Å². The van der Waals surface area contributed by atoms with Crippen LogP contribution in [-0.4, -0.2) is 25.8 Å². The van der Waals surface area contributed by atoms with Crippen molar-refractivity contribution in [1.82, 2.24) is 14.8 Å². The Morgan fingerprint density at radius 3 is 2.96 bits per heavy atom. The van der Waals surface area contributed by atoms with Gasteiger partial charge in [0.25, 0.3) is 5.91 Å². The average Bonchev–Trinajstić information content (AvgIpc) is 3.13. The first-order valence-electron chi connectivity index (χ1n) is 7.04. The van der Waals surface area contributed by atoms with Gasteiger partial charge < -0.3 is 10.4 Å². The number of aryl methyl sites for hydroxylation is 2. The molecule has 0 aliphatic heterocycles. The molecular weight excluding hydrogens is 312 g/mol. The summed E-state index contributed by atoms with van der Waals surface area (Å²) in [6, 6.07) is 7.13. The summed E-state index contributed by atoms with van der Waals surface area (Å²) in [6.07, 6.45) is 3.59. The highest BCUT2D eigenvalue weighted by atomic mass is 32.1. The molecule has 0 saturated carbocycles. The highest BCUT2D eigenvalue weighted by Crippen LogP contribution is 2.28. The molecule has 0 atom stereocenters. The molecule has 3 rings (SSSR count). The number of hydrogen-bond acceptors (Lipinski definition) is 5. The van der Waals surface area contributed by atoms with Crippen molar-refractivity contribution in [3.05, 3.63) is 52.8 Å². The van der Waals surface area contributed by atoms with Gasteiger partial charge in [0.1, 0.15) is 9.88 Å². The Morgan fingerprint density at radius 2 is 2.26 bits per heavy atom. The minimum absolute atomic E-state index is 0.0611. The Hall–Kier alpha value is -2.51. The van der Waals surface area contributed by atoms with E-state index in [2.05, 4.69) is 15.4 Å². The van der Waals surface area contributed by atoms with Crippen LogP contribution in [0.2, 0.25) is 0 Å². The Morgan fingerprint density at radius 1 is 1.43 bits per heavy atom. The third-order valence-electron chi connectivity index (χ3n) is 3.32. The lowest BCUT2D eigenvalue weighted by atomic mass is 10.2. The first-order chi connectivity index (χ1) is 11.1. The normalized spacial score (nSPS) is 10.7. The number of aromatic nitrogens is 3. The van der Waals surface area contributed by atoms with Crippen LogP contribution in [-0.2, 0) is 13.7 Å². The van der Waals surface area contributed by atoms with Crippen LogP contribution in [0.25, 0.3) is 10.6 Å². The molecule has 0 radical (unpaired) electrons. The zero-order valence-electron chi connectivity index (χ0n) is 12.8. The first kappa shape index (κ1) is 15.4. The summed E-state index contributed by atoms with van der Waals surface area (Å²) >= 11 is 1.34. The molecule has 0 aliphatic carbocycles. The molecule has 0 saturated heterocycles. The standard InChI is InChI=1S/C16H16N4O2S/c1-10-14(23-16(18-10)12-7-17-20(2)8-12)15(22)19-13-5-3-4-11(6-13)9-21/h3-8,21H,9H2,1-2H3,(H,19,22). The number of aliphatic hydroxyl groups excluding tert-OH is 1. The first-order valence-corrected chi connectivity index (χ1v) is 7.86. The van der Waals surface area contributed by atoms with Crippen molar-refractivity contribution >= 4 is 22.9 Å². The molecule has 1 aromatic carbocycles. The third-order valence-corrected chi connectivity index (χ3v) is 4.53. The van der Waals surface area contributed by atoms with Crippen LogP contribution >= 0.6 is 11.3 Å². The van der Waals surface area contributed by atoms with E-state index in [1.165, 1.54) is 11.3 Å². The van der Waals surface area contributed by atoms with E-state index in [4.69, 9.17) is 5.11 Å². The van der Waals surface area contributed by atoms with E-state index >= 15 is 0 Å². The minimum Gasteiger partial charge on any atom is -0.392 e. The maximum Gasteiger partial charge on any atom is 0.267 e. The number of thiazole rings is 1. The monoisotopic (exact) mass is 328 g/mol. The second-order valence-corrected chi connectivity index (χ2v) is 6.15. The van der Waals surface area contributed by atoms with Crippen LogP contribution in [0.15, 0.2) is 36.7 Å². The van der Waals surface area contributed by atoms with Gasteiger partial charge in [0.2, 0.25) is 0 Å². The van der Waals surface area contributed by atoms with E-state index in [0.29, 0.717) is 16.3 Å². The fourth-order valence-electron chi connectivity index (χ4n) is 2.20.